The van der Waals surface area contributed by atoms with Gasteiger partial charge in [-0.2, -0.15) is 0 Å². The highest BCUT2D eigenvalue weighted by molar-refractivity contribution is 8.13. The van der Waals surface area contributed by atoms with E-state index in [1.807, 2.05) is 49.4 Å². The van der Waals surface area contributed by atoms with Crippen LogP contribution in [-0.4, -0.2) is 54.1 Å². The van der Waals surface area contributed by atoms with Gasteiger partial charge in [0, 0.05) is 31.0 Å². The van der Waals surface area contributed by atoms with E-state index >= 15 is 0 Å². The van der Waals surface area contributed by atoms with Crippen molar-refractivity contribution in [3.8, 4) is 5.88 Å². The molecule has 2 heterocycles. The number of carbonyl (C=O) groups is 1. The average molecular weight is 387 g/mol. The lowest BCUT2D eigenvalue weighted by molar-refractivity contribution is -0.115. The Morgan fingerprint density at radius 2 is 2.00 bits per heavy atom. The number of rotatable bonds is 5. The number of piperazine rings is 1. The lowest BCUT2D eigenvalue weighted by Crippen LogP contribution is -2.57. The first kappa shape index (κ1) is 19.5. The van der Waals surface area contributed by atoms with Crippen LogP contribution in [0.15, 0.2) is 36.4 Å². The number of nitrogens with one attached hydrogen (secondary N) is 1. The van der Waals surface area contributed by atoms with Crippen molar-refractivity contribution in [3.63, 3.8) is 0 Å². The van der Waals surface area contributed by atoms with Crippen LogP contribution in [0.4, 0.5) is 11.4 Å². The summed E-state index contributed by atoms with van der Waals surface area (Å²) in [4.78, 5) is 19.4. The largest absolute Gasteiger partial charge is 0.479 e. The second kappa shape index (κ2) is 8.63. The van der Waals surface area contributed by atoms with Gasteiger partial charge in [-0.05, 0) is 43.9 Å². The zero-order valence-electron chi connectivity index (χ0n) is 16.2. The van der Waals surface area contributed by atoms with Crippen molar-refractivity contribution in [1.82, 2.24) is 9.99 Å². The average Bonchev–Trinajstić information content (AvgIpc) is 2.70. The molecule has 0 saturated carbocycles. The molecule has 1 aromatic carbocycles. The standard InChI is InChI=1S/C20H26N4O2S/c1-14-12-17(19(26-3)21-15(14)2)22-24-11-10-23(13-18(24)20(25)27-4)16-8-6-5-7-9-16/h5-9,12,18,22H,10-11,13H2,1-4H3. The third-order valence-electron chi connectivity index (χ3n) is 4.86. The molecule has 1 aliphatic heterocycles. The molecule has 27 heavy (non-hydrogen) atoms. The Morgan fingerprint density at radius 1 is 1.26 bits per heavy atom. The molecule has 1 N–H and O–H groups in total. The van der Waals surface area contributed by atoms with Crippen LogP contribution in [0.5, 0.6) is 5.88 Å². The first-order valence-electron chi connectivity index (χ1n) is 8.97. The highest BCUT2D eigenvalue weighted by Crippen LogP contribution is 2.27. The van der Waals surface area contributed by atoms with E-state index in [-0.39, 0.29) is 11.2 Å². The van der Waals surface area contributed by atoms with Crippen molar-refractivity contribution in [2.45, 2.75) is 19.9 Å². The van der Waals surface area contributed by atoms with Gasteiger partial charge in [0.25, 0.3) is 0 Å². The van der Waals surface area contributed by atoms with E-state index in [1.54, 1.807) is 7.11 Å². The minimum atomic E-state index is -0.264. The van der Waals surface area contributed by atoms with E-state index in [9.17, 15) is 4.79 Å². The van der Waals surface area contributed by atoms with Gasteiger partial charge >= 0.3 is 0 Å². The number of methoxy groups -OCH3 is 1. The summed E-state index contributed by atoms with van der Waals surface area (Å²) >= 11 is 1.26. The van der Waals surface area contributed by atoms with Crippen molar-refractivity contribution < 1.29 is 9.53 Å². The molecular weight excluding hydrogens is 360 g/mol. The zero-order chi connectivity index (χ0) is 19.4. The molecule has 3 rings (SSSR count). The number of thioether (sulfide) groups is 1. The van der Waals surface area contributed by atoms with E-state index in [1.165, 1.54) is 11.8 Å². The lowest BCUT2D eigenvalue weighted by Gasteiger charge is -2.41. The number of benzene rings is 1. The fourth-order valence-electron chi connectivity index (χ4n) is 3.20. The SMILES string of the molecule is COc1nc(C)c(C)cc1NN1CCN(c2ccccc2)CC1C(=O)SC. The summed E-state index contributed by atoms with van der Waals surface area (Å²) in [6.07, 6.45) is 1.83. The van der Waals surface area contributed by atoms with Crippen molar-refractivity contribution in [3.05, 3.63) is 47.7 Å². The molecule has 1 aromatic heterocycles. The number of para-hydroxylation sites is 1. The zero-order valence-corrected chi connectivity index (χ0v) is 17.0. The predicted octanol–water partition coefficient (Wildman–Crippen LogP) is 3.11. The van der Waals surface area contributed by atoms with Crippen molar-refractivity contribution in [2.75, 3.05) is 43.3 Å². The van der Waals surface area contributed by atoms with Gasteiger partial charge in [0.2, 0.25) is 11.0 Å². The summed E-state index contributed by atoms with van der Waals surface area (Å²) in [5, 5.41) is 2.14. The quantitative estimate of drug-likeness (QED) is 0.847. The first-order valence-corrected chi connectivity index (χ1v) is 10.2. The second-order valence-electron chi connectivity index (χ2n) is 6.57. The lowest BCUT2D eigenvalue weighted by atomic mass is 10.1. The van der Waals surface area contributed by atoms with Gasteiger partial charge in [-0.3, -0.25) is 4.79 Å². The van der Waals surface area contributed by atoms with Crippen LogP contribution in [0.25, 0.3) is 0 Å². The van der Waals surface area contributed by atoms with E-state index in [0.717, 1.165) is 29.2 Å². The summed E-state index contributed by atoms with van der Waals surface area (Å²) in [5.41, 5.74) is 7.33. The van der Waals surface area contributed by atoms with Gasteiger partial charge < -0.3 is 15.1 Å². The number of aryl methyl sites for hydroxylation is 2. The molecule has 2 aromatic rings. The molecule has 1 aliphatic rings. The molecule has 1 fully saturated rings. The highest BCUT2D eigenvalue weighted by Gasteiger charge is 2.33. The van der Waals surface area contributed by atoms with E-state index < -0.39 is 0 Å². The fraction of sp³-hybridized carbons (Fsp3) is 0.400. The number of hydrogen-bond donors (Lipinski definition) is 1. The van der Waals surface area contributed by atoms with Gasteiger partial charge in [-0.1, -0.05) is 30.0 Å². The van der Waals surface area contributed by atoms with Gasteiger partial charge in [-0.25, -0.2) is 9.99 Å². The third-order valence-corrected chi connectivity index (χ3v) is 5.54. The molecule has 0 spiro atoms. The van der Waals surface area contributed by atoms with Gasteiger partial charge in [0.15, 0.2) is 0 Å². The number of nitrogens with zero attached hydrogens (tertiary/aromatic N) is 3. The molecular formula is C20H26N4O2S. The molecule has 0 aliphatic carbocycles. The summed E-state index contributed by atoms with van der Waals surface area (Å²) in [7, 11) is 1.61. The predicted molar refractivity (Wildman–Crippen MR) is 112 cm³/mol. The summed E-state index contributed by atoms with van der Waals surface area (Å²) in [6, 6.07) is 12.0. The van der Waals surface area contributed by atoms with Crippen LogP contribution < -0.4 is 15.1 Å². The smallest absolute Gasteiger partial charge is 0.238 e. The Balaban J connectivity index is 1.83. The number of ether oxygens (including phenoxy) is 1. The van der Waals surface area contributed by atoms with E-state index in [0.29, 0.717) is 19.0 Å². The molecule has 6 nitrogen and oxygen atoms in total. The third kappa shape index (κ3) is 4.36. The molecule has 1 atom stereocenters. The molecule has 144 valence electrons. The van der Waals surface area contributed by atoms with Crippen molar-refractivity contribution in [1.29, 1.82) is 0 Å². The van der Waals surface area contributed by atoms with Gasteiger partial charge in [0.1, 0.15) is 11.7 Å². The Morgan fingerprint density at radius 3 is 2.67 bits per heavy atom. The maximum Gasteiger partial charge on any atom is 0.238 e. The van der Waals surface area contributed by atoms with E-state index in [2.05, 4.69) is 27.4 Å². The Kier molecular flexibility index (Phi) is 6.23. The summed E-state index contributed by atoms with van der Waals surface area (Å²) < 4.78 is 5.43. The Bertz CT molecular complexity index is 800. The van der Waals surface area contributed by atoms with E-state index in [4.69, 9.17) is 4.74 Å². The van der Waals surface area contributed by atoms with Crippen LogP contribution >= 0.6 is 11.8 Å². The fourth-order valence-corrected chi connectivity index (χ4v) is 3.68. The minimum Gasteiger partial charge on any atom is -0.479 e. The van der Waals surface area contributed by atoms with Gasteiger partial charge in [0.05, 0.1) is 7.11 Å². The summed E-state index contributed by atoms with van der Waals surface area (Å²) in [6.45, 7) is 6.15. The molecule has 0 amide bonds. The normalized spacial score (nSPS) is 17.6. The van der Waals surface area contributed by atoms with Crippen LogP contribution in [0.3, 0.4) is 0 Å². The van der Waals surface area contributed by atoms with Crippen LogP contribution in [0, 0.1) is 13.8 Å². The number of anilines is 2. The van der Waals surface area contributed by atoms with Crippen LogP contribution in [0.2, 0.25) is 0 Å². The number of aromatic nitrogens is 1. The molecule has 0 bridgehead atoms. The Hall–Kier alpha value is -2.25. The maximum atomic E-state index is 12.6. The molecule has 0 radical (unpaired) electrons. The van der Waals surface area contributed by atoms with Crippen LogP contribution in [-0.2, 0) is 4.79 Å². The Labute approximate surface area is 164 Å². The number of hydrogen-bond acceptors (Lipinski definition) is 7. The van der Waals surface area contributed by atoms with Crippen LogP contribution in [0.1, 0.15) is 11.3 Å². The van der Waals surface area contributed by atoms with Crippen molar-refractivity contribution in [2.24, 2.45) is 0 Å². The maximum absolute atomic E-state index is 12.6. The van der Waals surface area contributed by atoms with Crippen molar-refractivity contribution >= 4 is 28.3 Å². The minimum absolute atomic E-state index is 0.138. The number of hydrazine groups is 1. The highest BCUT2D eigenvalue weighted by atomic mass is 32.2. The molecule has 1 unspecified atom stereocenters. The number of carbonyl (C=O) groups excluding carboxylic acids is 1. The topological polar surface area (TPSA) is 57.7 Å². The monoisotopic (exact) mass is 386 g/mol. The molecule has 1 saturated heterocycles. The first-order chi connectivity index (χ1) is 13.0. The second-order valence-corrected chi connectivity index (χ2v) is 7.38. The van der Waals surface area contributed by atoms with Gasteiger partial charge in [-0.15, -0.1) is 0 Å². The summed E-state index contributed by atoms with van der Waals surface area (Å²) in [5.74, 6) is 0.541. The number of pyridine rings is 1. The molecule has 7 heteroatoms.